The normalized spacial score (nSPS) is 21.0. The van der Waals surface area contributed by atoms with Crippen LogP contribution < -0.4 is 5.32 Å². The fourth-order valence-corrected chi connectivity index (χ4v) is 3.79. The van der Waals surface area contributed by atoms with Gasteiger partial charge in [0.1, 0.15) is 0 Å². The Bertz CT molecular complexity index is 559. The molecule has 1 aliphatic carbocycles. The Labute approximate surface area is 149 Å². The average molecular weight is 347 g/mol. The topological polar surface area (TPSA) is 65.0 Å². The number of carbonyl (C=O) groups is 1. The molecule has 25 heavy (non-hydrogen) atoms. The average Bonchev–Trinajstić information content (AvgIpc) is 2.67. The lowest BCUT2D eigenvalue weighted by Gasteiger charge is -2.41. The summed E-state index contributed by atoms with van der Waals surface area (Å²) in [4.78, 5) is 16.6. The summed E-state index contributed by atoms with van der Waals surface area (Å²) in [6.45, 7) is 4.71. The smallest absolute Gasteiger partial charge is 0.317 e. The van der Waals surface area contributed by atoms with Crippen LogP contribution in [0.1, 0.15) is 17.5 Å². The molecule has 1 aromatic carbocycles. The summed E-state index contributed by atoms with van der Waals surface area (Å²) in [5.74, 6) is 0. The van der Waals surface area contributed by atoms with E-state index in [2.05, 4.69) is 34.5 Å². The van der Waals surface area contributed by atoms with Crippen LogP contribution in [0, 0.1) is 0 Å². The van der Waals surface area contributed by atoms with Gasteiger partial charge in [-0.05, 0) is 30.4 Å². The summed E-state index contributed by atoms with van der Waals surface area (Å²) >= 11 is 0. The van der Waals surface area contributed by atoms with Gasteiger partial charge in [-0.15, -0.1) is 0 Å². The molecule has 1 aliphatic heterocycles. The molecule has 0 saturated carbocycles. The minimum Gasteiger partial charge on any atom is -0.394 e. The number of aryl methyl sites for hydroxylation is 1. The van der Waals surface area contributed by atoms with Gasteiger partial charge < -0.3 is 20.1 Å². The molecule has 0 bridgehead atoms. The number of benzene rings is 1. The first-order valence-corrected chi connectivity index (χ1v) is 9.30. The van der Waals surface area contributed by atoms with Crippen LogP contribution in [0.4, 0.5) is 4.79 Å². The van der Waals surface area contributed by atoms with Crippen molar-refractivity contribution < 1.29 is 14.6 Å². The van der Waals surface area contributed by atoms with Crippen molar-refractivity contribution in [2.24, 2.45) is 0 Å². The molecule has 1 aromatic rings. The van der Waals surface area contributed by atoms with Crippen LogP contribution in [0.5, 0.6) is 0 Å². The zero-order chi connectivity index (χ0) is 17.5. The van der Waals surface area contributed by atoms with Crippen molar-refractivity contribution in [3.63, 3.8) is 0 Å². The molecule has 1 heterocycles. The highest BCUT2D eigenvalue weighted by molar-refractivity contribution is 5.74. The van der Waals surface area contributed by atoms with E-state index < -0.39 is 0 Å². The number of fused-ring (bicyclic) bond motifs is 1. The maximum Gasteiger partial charge on any atom is 0.317 e. The van der Waals surface area contributed by atoms with Gasteiger partial charge in [0.15, 0.2) is 0 Å². The molecular formula is C19H29N3O3. The first-order valence-electron chi connectivity index (χ1n) is 9.30. The molecule has 0 aromatic heterocycles. The number of rotatable bonds is 6. The van der Waals surface area contributed by atoms with E-state index in [4.69, 9.17) is 9.84 Å². The molecule has 3 rings (SSSR count). The van der Waals surface area contributed by atoms with Crippen LogP contribution in [0.2, 0.25) is 0 Å². The van der Waals surface area contributed by atoms with Crippen molar-refractivity contribution in [1.82, 2.24) is 15.1 Å². The van der Waals surface area contributed by atoms with Gasteiger partial charge in [0.25, 0.3) is 0 Å². The molecule has 2 N–H and O–H groups in total. The Kier molecular flexibility index (Phi) is 6.67. The summed E-state index contributed by atoms with van der Waals surface area (Å²) in [7, 11) is 0. The van der Waals surface area contributed by atoms with Gasteiger partial charge in [-0.25, -0.2) is 4.79 Å². The minimum atomic E-state index is -0.0127. The second-order valence-electron chi connectivity index (χ2n) is 6.76. The van der Waals surface area contributed by atoms with Crippen molar-refractivity contribution in [1.29, 1.82) is 0 Å². The predicted molar refractivity (Wildman–Crippen MR) is 96.7 cm³/mol. The molecule has 0 unspecified atom stereocenters. The third-order valence-electron chi connectivity index (χ3n) is 5.20. The Morgan fingerprint density at radius 1 is 1.16 bits per heavy atom. The maximum atomic E-state index is 12.2. The lowest BCUT2D eigenvalue weighted by Crippen LogP contribution is -2.55. The van der Waals surface area contributed by atoms with E-state index in [1.54, 1.807) is 0 Å². The molecule has 1 saturated heterocycles. The van der Waals surface area contributed by atoms with E-state index in [1.807, 2.05) is 4.90 Å². The molecule has 1 fully saturated rings. The SMILES string of the molecule is O=C(NCCOCCO)N1CCN([C@H]2CCc3ccccc3C2)CC1. The summed E-state index contributed by atoms with van der Waals surface area (Å²) in [5, 5.41) is 11.5. The maximum absolute atomic E-state index is 12.2. The number of aliphatic hydroxyl groups excluding tert-OH is 1. The zero-order valence-corrected chi connectivity index (χ0v) is 14.8. The second-order valence-corrected chi connectivity index (χ2v) is 6.76. The summed E-state index contributed by atoms with van der Waals surface area (Å²) in [5.41, 5.74) is 2.99. The van der Waals surface area contributed by atoms with Crippen LogP contribution in [0.3, 0.4) is 0 Å². The quantitative estimate of drug-likeness (QED) is 0.750. The Balaban J connectivity index is 1.39. The standard InChI is InChI=1S/C19H29N3O3/c23-12-14-25-13-7-20-19(24)22-10-8-21(9-11-22)18-6-5-16-3-1-2-4-17(16)15-18/h1-4,18,23H,5-15H2,(H,20,24)/t18-/m0/s1. The van der Waals surface area contributed by atoms with Gasteiger partial charge >= 0.3 is 6.03 Å². The van der Waals surface area contributed by atoms with E-state index in [-0.39, 0.29) is 12.6 Å². The van der Waals surface area contributed by atoms with Crippen LogP contribution in [-0.2, 0) is 17.6 Å². The monoisotopic (exact) mass is 347 g/mol. The van der Waals surface area contributed by atoms with E-state index in [0.29, 0.717) is 25.8 Å². The van der Waals surface area contributed by atoms with Gasteiger partial charge in [-0.3, -0.25) is 4.90 Å². The number of aliphatic hydroxyl groups is 1. The summed E-state index contributed by atoms with van der Waals surface area (Å²) < 4.78 is 5.15. The molecule has 0 spiro atoms. The van der Waals surface area contributed by atoms with Gasteiger partial charge in [0.05, 0.1) is 19.8 Å². The molecule has 2 amide bonds. The molecule has 6 heteroatoms. The van der Waals surface area contributed by atoms with E-state index >= 15 is 0 Å². The van der Waals surface area contributed by atoms with Crippen LogP contribution >= 0.6 is 0 Å². The number of carbonyl (C=O) groups excluding carboxylic acids is 1. The number of nitrogens with zero attached hydrogens (tertiary/aromatic N) is 2. The fourth-order valence-electron chi connectivity index (χ4n) is 3.79. The molecule has 0 radical (unpaired) electrons. The number of ether oxygens (including phenoxy) is 1. The number of hydrogen-bond acceptors (Lipinski definition) is 4. The first kappa shape index (κ1) is 18.2. The van der Waals surface area contributed by atoms with Gasteiger partial charge in [0.2, 0.25) is 0 Å². The number of amides is 2. The van der Waals surface area contributed by atoms with Crippen LogP contribution in [0.15, 0.2) is 24.3 Å². The molecule has 138 valence electrons. The van der Waals surface area contributed by atoms with Crippen molar-refractivity contribution in [2.75, 3.05) is 52.5 Å². The first-order chi connectivity index (χ1) is 12.3. The molecule has 2 aliphatic rings. The number of urea groups is 1. The second kappa shape index (κ2) is 9.17. The third-order valence-corrected chi connectivity index (χ3v) is 5.20. The van der Waals surface area contributed by atoms with E-state index in [9.17, 15) is 4.79 Å². The van der Waals surface area contributed by atoms with Gasteiger partial charge in [-0.2, -0.15) is 0 Å². The van der Waals surface area contributed by atoms with Crippen molar-refractivity contribution >= 4 is 6.03 Å². The van der Waals surface area contributed by atoms with E-state index in [0.717, 1.165) is 39.0 Å². The molecule has 6 nitrogen and oxygen atoms in total. The number of hydrogen-bond donors (Lipinski definition) is 2. The predicted octanol–water partition coefficient (Wildman–Crippen LogP) is 0.880. The Hall–Kier alpha value is -1.63. The van der Waals surface area contributed by atoms with Crippen molar-refractivity contribution in [2.45, 2.75) is 25.3 Å². The van der Waals surface area contributed by atoms with Crippen molar-refractivity contribution in [3.05, 3.63) is 35.4 Å². The molecular weight excluding hydrogens is 318 g/mol. The van der Waals surface area contributed by atoms with Gasteiger partial charge in [0, 0.05) is 38.8 Å². The lowest BCUT2D eigenvalue weighted by molar-refractivity contribution is 0.0880. The number of piperazine rings is 1. The van der Waals surface area contributed by atoms with Gasteiger partial charge in [-0.1, -0.05) is 24.3 Å². The zero-order valence-electron chi connectivity index (χ0n) is 14.8. The van der Waals surface area contributed by atoms with Crippen LogP contribution in [-0.4, -0.2) is 79.5 Å². The molecule has 1 atom stereocenters. The summed E-state index contributed by atoms with van der Waals surface area (Å²) in [6.07, 6.45) is 3.51. The summed E-state index contributed by atoms with van der Waals surface area (Å²) in [6, 6.07) is 9.36. The minimum absolute atomic E-state index is 0.0127. The number of nitrogens with one attached hydrogen (secondary N) is 1. The fraction of sp³-hybridized carbons (Fsp3) is 0.632. The Morgan fingerprint density at radius 3 is 2.68 bits per heavy atom. The van der Waals surface area contributed by atoms with E-state index in [1.165, 1.54) is 17.5 Å². The van der Waals surface area contributed by atoms with Crippen molar-refractivity contribution in [3.8, 4) is 0 Å². The lowest BCUT2D eigenvalue weighted by atomic mass is 9.87. The third kappa shape index (κ3) is 4.93. The highest BCUT2D eigenvalue weighted by atomic mass is 16.5. The Morgan fingerprint density at radius 2 is 1.92 bits per heavy atom. The van der Waals surface area contributed by atoms with Crippen LogP contribution in [0.25, 0.3) is 0 Å². The highest BCUT2D eigenvalue weighted by Gasteiger charge is 2.28. The largest absolute Gasteiger partial charge is 0.394 e. The highest BCUT2D eigenvalue weighted by Crippen LogP contribution is 2.25.